The number of ether oxygens (including phenoxy) is 1. The first-order chi connectivity index (χ1) is 8.39. The third-order valence-electron chi connectivity index (χ3n) is 3.28. The lowest BCUT2D eigenvalue weighted by molar-refractivity contribution is 0.0118. The molecule has 0 aliphatic carbocycles. The molecule has 0 fully saturated rings. The van der Waals surface area contributed by atoms with Crippen molar-refractivity contribution in [2.24, 2.45) is 0 Å². The van der Waals surface area contributed by atoms with E-state index in [0.29, 0.717) is 6.04 Å². The van der Waals surface area contributed by atoms with Gasteiger partial charge in [-0.3, -0.25) is 0 Å². The Bertz CT molecular complexity index is 395. The summed E-state index contributed by atoms with van der Waals surface area (Å²) in [6, 6.07) is 6.55. The smallest absolute Gasteiger partial charge is 0.0623 e. The van der Waals surface area contributed by atoms with E-state index in [1.165, 1.54) is 5.56 Å². The van der Waals surface area contributed by atoms with E-state index in [9.17, 15) is 0 Å². The summed E-state index contributed by atoms with van der Waals surface area (Å²) in [6.07, 6.45) is 2.02. The second-order valence-electron chi connectivity index (χ2n) is 5.02. The Kier molecular flexibility index (Phi) is 6.38. The van der Waals surface area contributed by atoms with Gasteiger partial charge in [-0.05, 0) is 74.0 Å². The summed E-state index contributed by atoms with van der Waals surface area (Å²) in [5.41, 5.74) is 1.15. The van der Waals surface area contributed by atoms with E-state index >= 15 is 0 Å². The molecule has 4 heteroatoms. The fourth-order valence-electron chi connectivity index (χ4n) is 1.80. The van der Waals surface area contributed by atoms with Crippen molar-refractivity contribution in [2.75, 3.05) is 14.2 Å². The molecule has 0 amide bonds. The number of benzene rings is 1. The molecule has 18 heavy (non-hydrogen) atoms. The van der Waals surface area contributed by atoms with Gasteiger partial charge >= 0.3 is 0 Å². The van der Waals surface area contributed by atoms with Gasteiger partial charge < -0.3 is 10.1 Å². The molecule has 2 nitrogen and oxygen atoms in total. The van der Waals surface area contributed by atoms with Gasteiger partial charge in [0.05, 0.1) is 10.6 Å². The standard InChI is InChI=1S/C14H21ClINO/c1-14(2,18-4)8-7-13(17-3)10-5-6-12(16)11(15)9-10/h5-6,9,13,17H,7-8H2,1-4H3. The average Bonchev–Trinajstić information content (AvgIpc) is 2.34. The first kappa shape index (κ1) is 16.2. The number of hydrogen-bond donors (Lipinski definition) is 1. The minimum atomic E-state index is -0.0813. The molecular formula is C14H21ClINO. The van der Waals surface area contributed by atoms with Crippen molar-refractivity contribution in [1.29, 1.82) is 0 Å². The summed E-state index contributed by atoms with van der Waals surface area (Å²) in [5.74, 6) is 0. The van der Waals surface area contributed by atoms with Crippen LogP contribution < -0.4 is 5.32 Å². The highest BCUT2D eigenvalue weighted by atomic mass is 127. The van der Waals surface area contributed by atoms with Crippen LogP contribution >= 0.6 is 34.2 Å². The van der Waals surface area contributed by atoms with Crippen molar-refractivity contribution >= 4 is 34.2 Å². The summed E-state index contributed by atoms with van der Waals surface area (Å²) < 4.78 is 6.54. The van der Waals surface area contributed by atoms with E-state index in [2.05, 4.69) is 53.9 Å². The van der Waals surface area contributed by atoms with Gasteiger partial charge in [-0.1, -0.05) is 17.7 Å². The fraction of sp³-hybridized carbons (Fsp3) is 0.571. The van der Waals surface area contributed by atoms with Gasteiger partial charge in [-0.2, -0.15) is 0 Å². The SMILES string of the molecule is CNC(CCC(C)(C)OC)c1ccc(I)c(Cl)c1. The first-order valence-corrected chi connectivity index (χ1v) is 7.52. The van der Waals surface area contributed by atoms with Gasteiger partial charge in [0.1, 0.15) is 0 Å². The van der Waals surface area contributed by atoms with Gasteiger partial charge in [0.2, 0.25) is 0 Å². The maximum atomic E-state index is 6.17. The molecule has 0 aliphatic rings. The Morgan fingerprint density at radius 3 is 2.61 bits per heavy atom. The van der Waals surface area contributed by atoms with E-state index < -0.39 is 0 Å². The third-order valence-corrected chi connectivity index (χ3v) is 4.85. The molecule has 1 aromatic rings. The number of nitrogens with one attached hydrogen (secondary N) is 1. The predicted octanol–water partition coefficient (Wildman–Crippen LogP) is 4.41. The highest BCUT2D eigenvalue weighted by Gasteiger charge is 2.19. The number of halogens is 2. The molecule has 102 valence electrons. The van der Waals surface area contributed by atoms with Crippen molar-refractivity contribution in [3.63, 3.8) is 0 Å². The second kappa shape index (κ2) is 7.08. The predicted molar refractivity (Wildman–Crippen MR) is 86.3 cm³/mol. The van der Waals surface area contributed by atoms with Crippen molar-refractivity contribution in [3.05, 3.63) is 32.4 Å². The van der Waals surface area contributed by atoms with Gasteiger partial charge in [0, 0.05) is 16.7 Å². The maximum Gasteiger partial charge on any atom is 0.0623 e. The molecule has 1 atom stereocenters. The normalized spacial score (nSPS) is 13.7. The first-order valence-electron chi connectivity index (χ1n) is 6.07. The van der Waals surface area contributed by atoms with Gasteiger partial charge in [-0.25, -0.2) is 0 Å². The summed E-state index contributed by atoms with van der Waals surface area (Å²) in [4.78, 5) is 0. The largest absolute Gasteiger partial charge is 0.379 e. The lowest BCUT2D eigenvalue weighted by atomic mass is 9.95. The highest BCUT2D eigenvalue weighted by Crippen LogP contribution is 2.27. The molecule has 1 N–H and O–H groups in total. The molecule has 0 heterocycles. The highest BCUT2D eigenvalue weighted by molar-refractivity contribution is 14.1. The number of rotatable bonds is 6. The van der Waals surface area contributed by atoms with Crippen LogP contribution in [-0.4, -0.2) is 19.8 Å². The Labute approximate surface area is 129 Å². The maximum absolute atomic E-state index is 6.17. The van der Waals surface area contributed by atoms with Crippen molar-refractivity contribution < 1.29 is 4.74 Å². The van der Waals surface area contributed by atoms with Gasteiger partial charge in [0.15, 0.2) is 0 Å². The van der Waals surface area contributed by atoms with Crippen LogP contribution in [0.5, 0.6) is 0 Å². The average molecular weight is 382 g/mol. The molecular weight excluding hydrogens is 361 g/mol. The van der Waals surface area contributed by atoms with E-state index in [0.717, 1.165) is 21.4 Å². The molecule has 0 bridgehead atoms. The molecule has 0 saturated heterocycles. The van der Waals surface area contributed by atoms with E-state index in [4.69, 9.17) is 16.3 Å². The number of hydrogen-bond acceptors (Lipinski definition) is 2. The molecule has 0 saturated carbocycles. The van der Waals surface area contributed by atoms with Crippen LogP contribution in [0.15, 0.2) is 18.2 Å². The Morgan fingerprint density at radius 1 is 1.44 bits per heavy atom. The minimum absolute atomic E-state index is 0.0813. The Hall–Kier alpha value is 0.160. The fourth-order valence-corrected chi connectivity index (χ4v) is 2.33. The summed E-state index contributed by atoms with van der Waals surface area (Å²) in [7, 11) is 3.74. The van der Waals surface area contributed by atoms with E-state index in [1.807, 2.05) is 13.1 Å². The van der Waals surface area contributed by atoms with Crippen LogP contribution in [0.1, 0.15) is 38.3 Å². The number of methoxy groups -OCH3 is 1. The monoisotopic (exact) mass is 381 g/mol. The van der Waals surface area contributed by atoms with E-state index in [1.54, 1.807) is 7.11 Å². The van der Waals surface area contributed by atoms with Crippen molar-refractivity contribution in [2.45, 2.75) is 38.3 Å². The molecule has 0 radical (unpaired) electrons. The topological polar surface area (TPSA) is 21.3 Å². The summed E-state index contributed by atoms with van der Waals surface area (Å²) in [5, 5.41) is 4.16. The summed E-state index contributed by atoms with van der Waals surface area (Å²) in [6.45, 7) is 4.22. The molecule has 1 unspecified atom stereocenters. The quantitative estimate of drug-likeness (QED) is 0.737. The summed E-state index contributed by atoms with van der Waals surface area (Å²) >= 11 is 8.42. The Morgan fingerprint density at radius 2 is 2.11 bits per heavy atom. The zero-order chi connectivity index (χ0) is 13.8. The van der Waals surface area contributed by atoms with Gasteiger partial charge in [-0.15, -0.1) is 0 Å². The molecule has 0 spiro atoms. The lowest BCUT2D eigenvalue weighted by Gasteiger charge is -2.26. The zero-order valence-electron chi connectivity index (χ0n) is 11.4. The van der Waals surface area contributed by atoms with Crippen LogP contribution in [0.4, 0.5) is 0 Å². The molecule has 1 rings (SSSR count). The van der Waals surface area contributed by atoms with Crippen molar-refractivity contribution in [3.8, 4) is 0 Å². The van der Waals surface area contributed by atoms with Gasteiger partial charge in [0.25, 0.3) is 0 Å². The van der Waals surface area contributed by atoms with Crippen molar-refractivity contribution in [1.82, 2.24) is 5.32 Å². The molecule has 0 aromatic heterocycles. The van der Waals surface area contributed by atoms with Crippen LogP contribution in [0.3, 0.4) is 0 Å². The van der Waals surface area contributed by atoms with Crippen LogP contribution in [0.2, 0.25) is 5.02 Å². The van der Waals surface area contributed by atoms with Crippen LogP contribution in [0.25, 0.3) is 0 Å². The second-order valence-corrected chi connectivity index (χ2v) is 6.59. The Balaban J connectivity index is 2.74. The zero-order valence-corrected chi connectivity index (χ0v) is 14.3. The third kappa shape index (κ3) is 4.68. The van der Waals surface area contributed by atoms with Crippen LogP contribution in [-0.2, 0) is 4.74 Å². The molecule has 0 aliphatic heterocycles. The lowest BCUT2D eigenvalue weighted by Crippen LogP contribution is -2.26. The van der Waals surface area contributed by atoms with Crippen LogP contribution in [0, 0.1) is 3.57 Å². The van der Waals surface area contributed by atoms with E-state index in [-0.39, 0.29) is 5.60 Å². The molecule has 1 aromatic carbocycles. The minimum Gasteiger partial charge on any atom is -0.379 e.